The molecule has 0 amide bonds. The lowest BCUT2D eigenvalue weighted by Crippen LogP contribution is -2.24. The Morgan fingerprint density at radius 2 is 1.95 bits per heavy atom. The van der Waals surface area contributed by atoms with E-state index in [2.05, 4.69) is 28.6 Å². The fourth-order valence-electron chi connectivity index (χ4n) is 3.43. The highest BCUT2D eigenvalue weighted by atomic mass is 32.2. The van der Waals surface area contributed by atoms with Gasteiger partial charge in [0.2, 0.25) is 0 Å². The fraction of sp³-hybridized carbons (Fsp3) is 0.353. The molecule has 114 valence electrons. The molecule has 0 saturated carbocycles. The largest absolute Gasteiger partial charge is 0.477 e. The van der Waals surface area contributed by atoms with Crippen LogP contribution in [0.5, 0.6) is 0 Å². The lowest BCUT2D eigenvalue weighted by Gasteiger charge is -2.27. The van der Waals surface area contributed by atoms with E-state index < -0.39 is 5.97 Å². The normalized spacial score (nSPS) is 17.3. The first kappa shape index (κ1) is 13.9. The van der Waals surface area contributed by atoms with Crippen molar-refractivity contribution in [2.24, 2.45) is 0 Å². The molecule has 1 aromatic carbocycles. The highest BCUT2D eigenvalue weighted by Crippen LogP contribution is 2.36. The Balaban J connectivity index is 1.58. The third-order valence-corrected chi connectivity index (χ3v) is 5.63. The number of hydrogen-bond acceptors (Lipinski definition) is 3. The van der Waals surface area contributed by atoms with Crippen molar-refractivity contribution in [3.8, 4) is 0 Å². The molecule has 4 nitrogen and oxygen atoms in total. The summed E-state index contributed by atoms with van der Waals surface area (Å²) in [5.41, 5.74) is 4.46. The van der Waals surface area contributed by atoms with Gasteiger partial charge in [-0.1, -0.05) is 24.3 Å². The molecule has 2 aromatic rings. The number of carbonyl (C=O) groups is 1. The highest BCUT2D eigenvalue weighted by Gasteiger charge is 2.25. The van der Waals surface area contributed by atoms with Crippen LogP contribution in [0.15, 0.2) is 35.2 Å². The zero-order valence-electron chi connectivity index (χ0n) is 12.3. The minimum atomic E-state index is -0.820. The van der Waals surface area contributed by atoms with Crippen molar-refractivity contribution in [1.29, 1.82) is 0 Å². The Morgan fingerprint density at radius 1 is 1.14 bits per heavy atom. The van der Waals surface area contributed by atoms with Crippen LogP contribution in [-0.4, -0.2) is 26.5 Å². The van der Waals surface area contributed by atoms with Crippen LogP contribution in [-0.2, 0) is 25.9 Å². The number of fused-ring (bicyclic) bond motifs is 2. The van der Waals surface area contributed by atoms with E-state index in [4.69, 9.17) is 0 Å². The van der Waals surface area contributed by atoms with Crippen LogP contribution in [0.4, 0.5) is 0 Å². The summed E-state index contributed by atoms with van der Waals surface area (Å²) in [4.78, 5) is 12.5. The molecule has 0 fully saturated rings. The van der Waals surface area contributed by atoms with Gasteiger partial charge in [0.05, 0.1) is 0 Å². The molecule has 1 aromatic heterocycles. The molecule has 0 radical (unpaired) electrons. The third kappa shape index (κ3) is 2.34. The molecule has 0 unspecified atom stereocenters. The first-order valence-corrected chi connectivity index (χ1v) is 8.45. The zero-order chi connectivity index (χ0) is 15.1. The molecule has 0 atom stereocenters. The number of carboxylic acid groups (broad SMARTS) is 1. The molecule has 2 aliphatic rings. The fourth-order valence-corrected chi connectivity index (χ4v) is 4.57. The molecule has 3 heterocycles. The molecule has 22 heavy (non-hydrogen) atoms. The van der Waals surface area contributed by atoms with Crippen LogP contribution in [0.1, 0.15) is 33.7 Å². The minimum Gasteiger partial charge on any atom is -0.477 e. The van der Waals surface area contributed by atoms with Gasteiger partial charge in [-0.2, -0.15) is 0 Å². The van der Waals surface area contributed by atoms with E-state index in [0.29, 0.717) is 5.69 Å². The zero-order valence-corrected chi connectivity index (χ0v) is 13.1. The number of aromatic nitrogens is 1. The van der Waals surface area contributed by atoms with E-state index in [1.165, 1.54) is 16.8 Å². The Morgan fingerprint density at radius 3 is 2.77 bits per heavy atom. The van der Waals surface area contributed by atoms with Crippen LogP contribution < -0.4 is 0 Å². The smallest absolute Gasteiger partial charge is 0.352 e. The second-order valence-electron chi connectivity index (χ2n) is 5.87. The van der Waals surface area contributed by atoms with Crippen molar-refractivity contribution >= 4 is 17.9 Å². The molecule has 2 aliphatic heterocycles. The standard InChI is InChI=1S/C17H18N2O2S/c20-17(21)15-10-16(14-6-3-8-19(14)15)22-18-9-7-12-4-1-2-5-13(12)11-18/h1-2,4-5,10H,3,6-9,11H2,(H,20,21). The number of benzene rings is 1. The summed E-state index contributed by atoms with van der Waals surface area (Å²) in [7, 11) is 0. The van der Waals surface area contributed by atoms with Gasteiger partial charge in [-0.25, -0.2) is 9.10 Å². The molecule has 1 N–H and O–H groups in total. The SMILES string of the molecule is O=C(O)c1cc(SN2CCc3ccccc3C2)c2n1CCC2. The molecular weight excluding hydrogens is 296 g/mol. The van der Waals surface area contributed by atoms with Crippen LogP contribution in [0.2, 0.25) is 0 Å². The van der Waals surface area contributed by atoms with Crippen LogP contribution in [0.25, 0.3) is 0 Å². The topological polar surface area (TPSA) is 45.5 Å². The lowest BCUT2D eigenvalue weighted by molar-refractivity contribution is 0.0685. The molecule has 0 aliphatic carbocycles. The summed E-state index contributed by atoms with van der Waals surface area (Å²) in [6.45, 7) is 2.77. The summed E-state index contributed by atoms with van der Waals surface area (Å²) in [5, 5.41) is 9.35. The summed E-state index contributed by atoms with van der Waals surface area (Å²) in [6, 6.07) is 10.4. The predicted octanol–water partition coefficient (Wildman–Crippen LogP) is 3.20. The van der Waals surface area contributed by atoms with Crippen LogP contribution >= 0.6 is 11.9 Å². The number of rotatable bonds is 3. The summed E-state index contributed by atoms with van der Waals surface area (Å²) in [6.07, 6.45) is 3.10. The van der Waals surface area contributed by atoms with Gasteiger partial charge in [0, 0.05) is 30.2 Å². The average molecular weight is 314 g/mol. The molecule has 0 bridgehead atoms. The first-order chi connectivity index (χ1) is 10.7. The third-order valence-electron chi connectivity index (χ3n) is 4.51. The molecular formula is C17H18N2O2S. The first-order valence-electron chi connectivity index (χ1n) is 7.68. The van der Waals surface area contributed by atoms with Gasteiger partial charge < -0.3 is 9.67 Å². The molecule has 4 rings (SSSR count). The monoisotopic (exact) mass is 314 g/mol. The van der Waals surface area contributed by atoms with Crippen LogP contribution in [0.3, 0.4) is 0 Å². The van der Waals surface area contributed by atoms with Gasteiger partial charge in [0.1, 0.15) is 5.69 Å². The van der Waals surface area contributed by atoms with Crippen LogP contribution in [0, 0.1) is 0 Å². The second kappa shape index (κ2) is 5.48. The number of nitrogens with zero attached hydrogens (tertiary/aromatic N) is 2. The number of hydrogen-bond donors (Lipinski definition) is 1. The summed E-state index contributed by atoms with van der Waals surface area (Å²) >= 11 is 1.72. The maximum absolute atomic E-state index is 11.4. The number of carboxylic acids is 1. The number of aromatic carboxylic acids is 1. The van der Waals surface area contributed by atoms with E-state index in [-0.39, 0.29) is 0 Å². The lowest BCUT2D eigenvalue weighted by atomic mass is 10.0. The highest BCUT2D eigenvalue weighted by molar-refractivity contribution is 7.97. The maximum atomic E-state index is 11.4. The maximum Gasteiger partial charge on any atom is 0.352 e. The minimum absolute atomic E-state index is 0.437. The quantitative estimate of drug-likeness (QED) is 0.884. The molecule has 5 heteroatoms. The van der Waals surface area contributed by atoms with Crippen molar-refractivity contribution in [1.82, 2.24) is 8.87 Å². The van der Waals surface area contributed by atoms with Crippen molar-refractivity contribution in [3.63, 3.8) is 0 Å². The van der Waals surface area contributed by atoms with E-state index in [1.807, 2.05) is 10.6 Å². The van der Waals surface area contributed by atoms with Gasteiger partial charge in [-0.05, 0) is 48.4 Å². The Kier molecular flexibility index (Phi) is 3.47. The summed E-state index contributed by atoms with van der Waals surface area (Å²) < 4.78 is 4.32. The van der Waals surface area contributed by atoms with Gasteiger partial charge in [0.15, 0.2) is 0 Å². The van der Waals surface area contributed by atoms with E-state index in [1.54, 1.807) is 11.9 Å². The van der Waals surface area contributed by atoms with Gasteiger partial charge in [-0.15, -0.1) is 0 Å². The Bertz CT molecular complexity index is 738. The van der Waals surface area contributed by atoms with E-state index in [0.717, 1.165) is 43.8 Å². The predicted molar refractivity (Wildman–Crippen MR) is 86.1 cm³/mol. The second-order valence-corrected chi connectivity index (χ2v) is 7.01. The average Bonchev–Trinajstić information content (AvgIpc) is 3.11. The van der Waals surface area contributed by atoms with Gasteiger partial charge >= 0.3 is 5.97 Å². The van der Waals surface area contributed by atoms with Crippen molar-refractivity contribution in [2.45, 2.75) is 37.2 Å². The van der Waals surface area contributed by atoms with Crippen molar-refractivity contribution < 1.29 is 9.90 Å². The van der Waals surface area contributed by atoms with Crippen molar-refractivity contribution in [3.05, 3.63) is 52.8 Å². The van der Waals surface area contributed by atoms with Crippen molar-refractivity contribution in [2.75, 3.05) is 6.54 Å². The molecule has 0 saturated heterocycles. The van der Waals surface area contributed by atoms with E-state index in [9.17, 15) is 9.90 Å². The van der Waals surface area contributed by atoms with E-state index >= 15 is 0 Å². The molecule has 0 spiro atoms. The Labute approximate surface area is 133 Å². The van der Waals surface area contributed by atoms with Gasteiger partial charge in [0.25, 0.3) is 0 Å². The Hall–Kier alpha value is -1.72. The summed E-state index contributed by atoms with van der Waals surface area (Å²) in [5.74, 6) is -0.820. The van der Waals surface area contributed by atoms with Gasteiger partial charge in [-0.3, -0.25) is 0 Å².